The average Bonchev–Trinajstić information content (AvgIpc) is 3.12. The van der Waals surface area contributed by atoms with Crippen LogP contribution in [0.1, 0.15) is 40.1 Å². The summed E-state index contributed by atoms with van der Waals surface area (Å²) < 4.78 is 45.8. The number of nitrogens with one attached hydrogen (secondary N) is 1. The molecule has 1 N–H and O–H groups in total. The fourth-order valence-corrected chi connectivity index (χ4v) is 4.27. The van der Waals surface area contributed by atoms with E-state index in [1.807, 2.05) is 13.8 Å². The average molecular weight is 456 g/mol. The second kappa shape index (κ2) is 7.48. The summed E-state index contributed by atoms with van der Waals surface area (Å²) in [6.45, 7) is 5.53. The first-order valence-electron chi connectivity index (χ1n) is 10.2. The Morgan fingerprint density at radius 3 is 2.67 bits per heavy atom. The quantitative estimate of drug-likeness (QED) is 0.463. The molecular weight excluding hydrogens is 437 g/mol. The maximum absolute atomic E-state index is 13.3. The largest absolute Gasteiger partial charge is 0.433 e. The molecule has 1 atom stereocenters. The molecule has 11 heteroatoms. The molecule has 0 aromatic carbocycles. The van der Waals surface area contributed by atoms with Crippen LogP contribution < -0.4 is 5.32 Å². The van der Waals surface area contributed by atoms with Crippen LogP contribution in [-0.2, 0) is 17.5 Å². The molecule has 33 heavy (non-hydrogen) atoms. The Morgan fingerprint density at radius 1 is 1.12 bits per heavy atom. The number of amides is 1. The highest BCUT2D eigenvalue weighted by molar-refractivity contribution is 6.09. The van der Waals surface area contributed by atoms with E-state index in [2.05, 4.69) is 25.4 Å². The van der Waals surface area contributed by atoms with Crippen LogP contribution in [0.3, 0.4) is 0 Å². The maximum Gasteiger partial charge on any atom is 0.433 e. The van der Waals surface area contributed by atoms with E-state index in [-0.39, 0.29) is 18.9 Å². The zero-order chi connectivity index (χ0) is 23.5. The Labute approximate surface area is 185 Å². The Morgan fingerprint density at radius 2 is 1.91 bits per heavy atom. The number of rotatable bonds is 1. The summed E-state index contributed by atoms with van der Waals surface area (Å²) in [7, 11) is 0. The molecule has 0 saturated carbocycles. The summed E-state index contributed by atoms with van der Waals surface area (Å²) in [5, 5.41) is 8.77. The van der Waals surface area contributed by atoms with E-state index in [0.717, 1.165) is 28.2 Å². The second-order valence-corrected chi connectivity index (χ2v) is 7.96. The van der Waals surface area contributed by atoms with E-state index in [1.54, 1.807) is 19.2 Å². The number of fused-ring (bicyclic) bond motifs is 4. The number of alkyl halides is 3. The lowest BCUT2D eigenvalue weighted by molar-refractivity contribution is -0.141. The van der Waals surface area contributed by atoms with Crippen LogP contribution in [0.25, 0.3) is 21.8 Å². The Balaban J connectivity index is 1.57. The van der Waals surface area contributed by atoms with Gasteiger partial charge in [-0.2, -0.15) is 23.0 Å². The standard InChI is InChI=1S/C22H19F3N6O2/c1-10-18-11(2)30-31(20(18)14-6-7-26-12(3)19(14)27-10)21(32)29-16-9-33-8-15-13(16)4-5-17(28-15)22(23,24)25/h4-7,16H,8-9H2,1-3H3,(H,29,32)/t16-/m1/s1. The lowest BCUT2D eigenvalue weighted by Gasteiger charge is -2.26. The molecule has 0 fully saturated rings. The van der Waals surface area contributed by atoms with Crippen LogP contribution >= 0.6 is 0 Å². The number of nitrogens with zero attached hydrogens (tertiary/aromatic N) is 5. The molecule has 4 aromatic heterocycles. The number of halogens is 3. The van der Waals surface area contributed by atoms with Gasteiger partial charge in [0.2, 0.25) is 0 Å². The number of aryl methyl sites for hydroxylation is 3. The Kier molecular flexibility index (Phi) is 4.82. The van der Waals surface area contributed by atoms with Crippen molar-refractivity contribution in [1.82, 2.24) is 30.0 Å². The van der Waals surface area contributed by atoms with Gasteiger partial charge >= 0.3 is 12.2 Å². The van der Waals surface area contributed by atoms with E-state index in [1.165, 1.54) is 10.7 Å². The van der Waals surface area contributed by atoms with Crippen molar-refractivity contribution in [2.24, 2.45) is 0 Å². The van der Waals surface area contributed by atoms with E-state index in [9.17, 15) is 18.0 Å². The third kappa shape index (κ3) is 3.48. The summed E-state index contributed by atoms with van der Waals surface area (Å²) in [5.41, 5.74) is 2.99. The van der Waals surface area contributed by atoms with Crippen molar-refractivity contribution in [1.29, 1.82) is 0 Å². The monoisotopic (exact) mass is 456 g/mol. The zero-order valence-corrected chi connectivity index (χ0v) is 18.0. The minimum Gasteiger partial charge on any atom is -0.373 e. The summed E-state index contributed by atoms with van der Waals surface area (Å²) in [6.07, 6.45) is -2.91. The highest BCUT2D eigenvalue weighted by Crippen LogP contribution is 2.32. The van der Waals surface area contributed by atoms with Gasteiger partial charge in [-0.3, -0.25) is 9.97 Å². The van der Waals surface area contributed by atoms with Crippen molar-refractivity contribution in [3.05, 3.63) is 58.4 Å². The molecule has 0 bridgehead atoms. The summed E-state index contributed by atoms with van der Waals surface area (Å²) in [4.78, 5) is 25.9. The smallest absolute Gasteiger partial charge is 0.373 e. The minimum atomic E-state index is -4.56. The number of pyridine rings is 3. The van der Waals surface area contributed by atoms with Crippen LogP contribution in [-0.4, -0.2) is 37.4 Å². The van der Waals surface area contributed by atoms with Gasteiger partial charge in [-0.15, -0.1) is 0 Å². The van der Waals surface area contributed by atoms with Gasteiger partial charge in [0.05, 0.1) is 47.4 Å². The van der Waals surface area contributed by atoms with Crippen LogP contribution in [0.4, 0.5) is 18.0 Å². The van der Waals surface area contributed by atoms with Crippen LogP contribution in [0.2, 0.25) is 0 Å². The molecule has 1 aliphatic heterocycles. The Hall–Kier alpha value is -3.60. The minimum absolute atomic E-state index is 0.0583. The van der Waals surface area contributed by atoms with E-state index < -0.39 is 23.9 Å². The van der Waals surface area contributed by atoms with Gasteiger partial charge in [0.15, 0.2) is 0 Å². The second-order valence-electron chi connectivity index (χ2n) is 7.96. The van der Waals surface area contributed by atoms with E-state index in [4.69, 9.17) is 4.74 Å². The third-order valence-electron chi connectivity index (χ3n) is 5.75. The van der Waals surface area contributed by atoms with Gasteiger partial charge in [-0.05, 0) is 32.9 Å². The molecular formula is C22H19F3N6O2. The summed E-state index contributed by atoms with van der Waals surface area (Å²) in [6, 6.07) is 2.83. The summed E-state index contributed by atoms with van der Waals surface area (Å²) >= 11 is 0. The number of ether oxygens (including phenoxy) is 1. The third-order valence-corrected chi connectivity index (χ3v) is 5.75. The lowest BCUT2D eigenvalue weighted by Crippen LogP contribution is -2.37. The Bertz CT molecular complexity index is 1430. The highest BCUT2D eigenvalue weighted by atomic mass is 19.4. The van der Waals surface area contributed by atoms with Crippen molar-refractivity contribution in [3.8, 4) is 0 Å². The fourth-order valence-electron chi connectivity index (χ4n) is 4.27. The van der Waals surface area contributed by atoms with Gasteiger partial charge < -0.3 is 10.1 Å². The highest BCUT2D eigenvalue weighted by Gasteiger charge is 2.35. The van der Waals surface area contributed by atoms with Gasteiger partial charge in [0, 0.05) is 28.2 Å². The van der Waals surface area contributed by atoms with Crippen LogP contribution in [0, 0.1) is 20.8 Å². The number of carbonyl (C=O) groups excluding carboxylic acids is 1. The lowest BCUT2D eigenvalue weighted by atomic mass is 10.0. The van der Waals surface area contributed by atoms with Crippen molar-refractivity contribution < 1.29 is 22.7 Å². The van der Waals surface area contributed by atoms with Gasteiger partial charge in [0.25, 0.3) is 0 Å². The van der Waals surface area contributed by atoms with Crippen LogP contribution in [0.5, 0.6) is 0 Å². The molecule has 4 aromatic rings. The molecule has 5 rings (SSSR count). The fraction of sp³-hybridized carbons (Fsp3) is 0.318. The van der Waals surface area contributed by atoms with Crippen molar-refractivity contribution in [3.63, 3.8) is 0 Å². The van der Waals surface area contributed by atoms with Gasteiger partial charge in [-0.1, -0.05) is 6.07 Å². The first-order chi connectivity index (χ1) is 15.6. The molecule has 1 aliphatic rings. The molecule has 0 unspecified atom stereocenters. The maximum atomic E-state index is 13.3. The molecule has 0 aliphatic carbocycles. The molecule has 5 heterocycles. The normalized spacial score (nSPS) is 16.2. The predicted molar refractivity (Wildman–Crippen MR) is 113 cm³/mol. The summed E-state index contributed by atoms with van der Waals surface area (Å²) in [5.74, 6) is 0. The predicted octanol–water partition coefficient (Wildman–Crippen LogP) is 4.15. The molecule has 170 valence electrons. The number of hydrogen-bond donors (Lipinski definition) is 1. The first-order valence-corrected chi connectivity index (χ1v) is 10.2. The van der Waals surface area contributed by atoms with Crippen molar-refractivity contribution >= 4 is 27.8 Å². The van der Waals surface area contributed by atoms with E-state index >= 15 is 0 Å². The SMILES string of the molecule is Cc1nccc2c1nc(C)c1c(C)nn(C(=O)N[C@@H]3COCc4nc(C(F)(F)F)ccc43)c12. The van der Waals surface area contributed by atoms with Crippen LogP contribution in [0.15, 0.2) is 24.4 Å². The number of aromatic nitrogens is 5. The zero-order valence-electron chi connectivity index (χ0n) is 18.0. The molecule has 0 spiro atoms. The first kappa shape index (κ1) is 21.3. The molecule has 8 nitrogen and oxygen atoms in total. The number of hydrogen-bond acceptors (Lipinski definition) is 6. The van der Waals surface area contributed by atoms with Crippen molar-refractivity contribution in [2.75, 3.05) is 6.61 Å². The molecule has 0 radical (unpaired) electrons. The molecule has 1 amide bonds. The van der Waals surface area contributed by atoms with Gasteiger partial charge in [-0.25, -0.2) is 9.78 Å². The molecule has 0 saturated heterocycles. The van der Waals surface area contributed by atoms with E-state index in [0.29, 0.717) is 22.3 Å². The van der Waals surface area contributed by atoms with Crippen molar-refractivity contribution in [2.45, 2.75) is 39.6 Å². The topological polar surface area (TPSA) is 94.8 Å². The van der Waals surface area contributed by atoms with Gasteiger partial charge in [0.1, 0.15) is 5.69 Å². The number of carbonyl (C=O) groups is 1.